The molecule has 4 atom stereocenters. The van der Waals surface area contributed by atoms with Crippen LogP contribution in [0.15, 0.2) is 126 Å². The summed E-state index contributed by atoms with van der Waals surface area (Å²) in [6.07, 6.45) is -0.135. The smallest absolute Gasteiger partial charge is 0.351 e. The molecule has 274 valence electrons. The summed E-state index contributed by atoms with van der Waals surface area (Å²) in [5, 5.41) is 2.69. The average molecular weight is 772 g/mol. The zero-order chi connectivity index (χ0) is 36.8. The number of methoxy groups -OCH3 is 2. The normalized spacial score (nSPS) is 21.3. The quantitative estimate of drug-likeness (QED) is 0.0969. The maximum atomic E-state index is 13.4. The van der Waals surface area contributed by atoms with Gasteiger partial charge in [-0.2, -0.15) is 4.98 Å². The fourth-order valence-corrected chi connectivity index (χ4v) is 11.1. The highest BCUT2D eigenvalue weighted by atomic mass is 32.9. The molecule has 2 aliphatic rings. The van der Waals surface area contributed by atoms with Gasteiger partial charge in [0.25, 0.3) is 5.91 Å². The van der Waals surface area contributed by atoms with Gasteiger partial charge in [0.05, 0.1) is 33.5 Å². The number of ether oxygens (including phenoxy) is 4. The van der Waals surface area contributed by atoms with E-state index in [4.69, 9.17) is 39.8 Å². The Morgan fingerprint density at radius 3 is 2.08 bits per heavy atom. The van der Waals surface area contributed by atoms with Crippen molar-refractivity contribution in [2.45, 2.75) is 30.5 Å². The van der Waals surface area contributed by atoms with Gasteiger partial charge in [-0.25, -0.2) is 4.79 Å². The first kappa shape index (κ1) is 37.0. The van der Waals surface area contributed by atoms with E-state index < -0.39 is 35.4 Å². The number of anilines is 1. The predicted molar refractivity (Wildman–Crippen MR) is 207 cm³/mol. The van der Waals surface area contributed by atoms with Crippen LogP contribution in [0.3, 0.4) is 0 Å². The molecule has 1 amide bonds. The molecule has 3 heterocycles. The highest BCUT2D eigenvalue weighted by molar-refractivity contribution is 8.68. The first-order valence-electron chi connectivity index (χ1n) is 17.0. The second-order valence-corrected chi connectivity index (χ2v) is 18.6. The van der Waals surface area contributed by atoms with E-state index in [9.17, 15) is 9.59 Å². The molecule has 2 aliphatic heterocycles. The fraction of sp³-hybridized carbons (Fsp3) is 0.256. The van der Waals surface area contributed by atoms with Crippen molar-refractivity contribution in [2.75, 3.05) is 38.5 Å². The summed E-state index contributed by atoms with van der Waals surface area (Å²) in [5.74, 6) is 1.91. The van der Waals surface area contributed by atoms with Crippen LogP contribution in [0.1, 0.15) is 39.7 Å². The van der Waals surface area contributed by atoms with Crippen LogP contribution >= 0.6 is 17.1 Å². The topological polar surface area (TPSA) is 119 Å². The standard InChI is InChI=1S/C39H38N3O8PS2/c1-45-31-17-13-29(14-18-31)39(28-11-7-4-8-12-28,30-15-19-32(46-2)20-16-30)47-26-34-33(50-51(52)48-23-24-53-51)25-36(49-34)42-22-21-35(41-38(42)44)40-37(43)27-9-5-3-6-10-27/h3-22,33-34,36H,23-26H2,1-2H3,(H,40,41,43,44)/t33-,34+,36+,51?/m0/s1. The van der Waals surface area contributed by atoms with Crippen molar-refractivity contribution < 1.29 is 32.8 Å². The van der Waals surface area contributed by atoms with E-state index in [2.05, 4.69) is 10.3 Å². The Morgan fingerprint density at radius 1 is 0.906 bits per heavy atom. The number of amides is 1. The minimum Gasteiger partial charge on any atom is -0.497 e. The summed E-state index contributed by atoms with van der Waals surface area (Å²) in [7, 11) is 3.26. The Morgan fingerprint density at radius 2 is 1.51 bits per heavy atom. The van der Waals surface area contributed by atoms with Crippen LogP contribution in [0.4, 0.5) is 5.82 Å². The van der Waals surface area contributed by atoms with Gasteiger partial charge in [0.15, 0.2) is 0 Å². The Hall–Kier alpha value is -4.33. The molecule has 14 heteroatoms. The summed E-state index contributed by atoms with van der Waals surface area (Å²) in [6, 6.07) is 35.8. The molecule has 1 aromatic heterocycles. The van der Waals surface area contributed by atoms with Gasteiger partial charge < -0.3 is 33.3 Å². The summed E-state index contributed by atoms with van der Waals surface area (Å²) in [6.45, 7) is 0.563. The largest absolute Gasteiger partial charge is 0.497 e. The van der Waals surface area contributed by atoms with Crippen molar-refractivity contribution in [1.82, 2.24) is 9.55 Å². The van der Waals surface area contributed by atoms with Gasteiger partial charge in [0.2, 0.25) is 5.69 Å². The molecule has 0 spiro atoms. The summed E-state index contributed by atoms with van der Waals surface area (Å²) in [5.41, 5.74) is -1.31. The lowest BCUT2D eigenvalue weighted by Gasteiger charge is -2.37. The first-order chi connectivity index (χ1) is 25.8. The monoisotopic (exact) mass is 771 g/mol. The third-order valence-electron chi connectivity index (χ3n) is 9.08. The summed E-state index contributed by atoms with van der Waals surface area (Å²) in [4.78, 5) is 30.3. The molecule has 0 saturated carbocycles. The zero-order valence-corrected chi connectivity index (χ0v) is 31.6. The lowest BCUT2D eigenvalue weighted by atomic mass is 9.80. The number of nitrogens with zero attached hydrogens (tertiary/aromatic N) is 2. The lowest BCUT2D eigenvalue weighted by Crippen LogP contribution is -2.38. The minimum atomic E-state index is -2.66. The SMILES string of the molecule is COc1ccc(C(OC[C@H]2O[C@@H](n3ccc(NC(=O)c4ccccc4)nc3=O)C[C@@H]2OP2(=S)OCCS2)(c2ccccc2)c2ccc(OC)cc2)cc1. The van der Waals surface area contributed by atoms with E-state index in [0.29, 0.717) is 23.7 Å². The number of hydrogen-bond acceptors (Lipinski definition) is 11. The maximum absolute atomic E-state index is 13.4. The zero-order valence-electron chi connectivity index (χ0n) is 29.0. The van der Waals surface area contributed by atoms with Gasteiger partial charge in [-0.05, 0) is 71.0 Å². The molecule has 2 saturated heterocycles. The van der Waals surface area contributed by atoms with Gasteiger partial charge in [-0.3, -0.25) is 9.36 Å². The number of hydrogen-bond donors (Lipinski definition) is 1. The van der Waals surface area contributed by atoms with Crippen LogP contribution in [-0.4, -0.2) is 60.9 Å². The number of nitrogens with one attached hydrogen (secondary N) is 1. The number of carbonyl (C=O) groups is 1. The molecule has 1 N–H and O–H groups in total. The van der Waals surface area contributed by atoms with Crippen LogP contribution in [0.5, 0.6) is 11.5 Å². The molecule has 5 aromatic rings. The minimum absolute atomic E-state index is 0.0571. The van der Waals surface area contributed by atoms with E-state index in [1.807, 2.05) is 84.9 Å². The average Bonchev–Trinajstić information content (AvgIpc) is 3.81. The first-order valence-corrected chi connectivity index (χ1v) is 21.2. The van der Waals surface area contributed by atoms with Gasteiger partial charge in [-0.15, -0.1) is 0 Å². The molecule has 11 nitrogen and oxygen atoms in total. The van der Waals surface area contributed by atoms with Crippen molar-refractivity contribution in [3.05, 3.63) is 154 Å². The molecule has 2 fully saturated rings. The lowest BCUT2D eigenvalue weighted by molar-refractivity contribution is -0.0914. The number of carbonyl (C=O) groups excluding carboxylic acids is 1. The van der Waals surface area contributed by atoms with Gasteiger partial charge in [0.1, 0.15) is 35.2 Å². The Labute approximate surface area is 316 Å². The van der Waals surface area contributed by atoms with Crippen LogP contribution in [0.2, 0.25) is 0 Å². The Bertz CT molecular complexity index is 2060. The van der Waals surface area contributed by atoms with Crippen LogP contribution < -0.4 is 20.5 Å². The number of rotatable bonds is 13. The summed E-state index contributed by atoms with van der Waals surface area (Å²) >= 11 is 7.36. The van der Waals surface area contributed by atoms with E-state index in [0.717, 1.165) is 22.4 Å². The molecule has 0 radical (unpaired) electrons. The van der Waals surface area contributed by atoms with Crippen molar-refractivity contribution >= 4 is 40.6 Å². The van der Waals surface area contributed by atoms with E-state index in [-0.39, 0.29) is 24.8 Å². The van der Waals surface area contributed by atoms with Crippen LogP contribution in [-0.2, 0) is 35.9 Å². The molecule has 53 heavy (non-hydrogen) atoms. The van der Waals surface area contributed by atoms with Crippen molar-refractivity contribution in [3.63, 3.8) is 0 Å². The number of benzene rings is 4. The van der Waals surface area contributed by atoms with Crippen molar-refractivity contribution in [1.29, 1.82) is 0 Å². The van der Waals surface area contributed by atoms with E-state index >= 15 is 0 Å². The molecule has 7 rings (SSSR count). The second kappa shape index (κ2) is 16.4. The van der Waals surface area contributed by atoms with Gasteiger partial charge in [-0.1, -0.05) is 84.2 Å². The van der Waals surface area contributed by atoms with Gasteiger partial charge >= 0.3 is 5.69 Å². The third-order valence-corrected chi connectivity index (χ3v) is 14.4. The Balaban J connectivity index is 1.22. The highest BCUT2D eigenvalue weighted by Gasteiger charge is 2.45. The Kier molecular flexibility index (Phi) is 11.4. The highest BCUT2D eigenvalue weighted by Crippen LogP contribution is 2.66. The summed E-state index contributed by atoms with van der Waals surface area (Å²) < 4.78 is 38.6. The molecular weight excluding hydrogens is 734 g/mol. The molecule has 0 bridgehead atoms. The molecule has 0 aliphatic carbocycles. The molecule has 1 unspecified atom stereocenters. The van der Waals surface area contributed by atoms with E-state index in [1.54, 1.807) is 50.7 Å². The van der Waals surface area contributed by atoms with Crippen molar-refractivity contribution in [2.24, 2.45) is 0 Å². The van der Waals surface area contributed by atoms with Gasteiger partial charge in [0, 0.05) is 23.9 Å². The molecular formula is C39H38N3O8PS2. The molecule has 4 aromatic carbocycles. The fourth-order valence-electron chi connectivity index (χ4n) is 6.46. The maximum Gasteiger partial charge on any atom is 0.351 e. The second-order valence-electron chi connectivity index (χ2n) is 12.3. The van der Waals surface area contributed by atoms with Crippen LogP contribution in [0.25, 0.3) is 0 Å². The number of aromatic nitrogens is 2. The predicted octanol–water partition coefficient (Wildman–Crippen LogP) is 7.18. The third kappa shape index (κ3) is 8.12. The van der Waals surface area contributed by atoms with Crippen LogP contribution in [0, 0.1) is 0 Å². The van der Waals surface area contributed by atoms with E-state index in [1.165, 1.54) is 15.9 Å². The van der Waals surface area contributed by atoms with Crippen molar-refractivity contribution in [3.8, 4) is 11.5 Å².